The molecule has 0 saturated carbocycles. The molecule has 0 aliphatic carbocycles. The number of carbonyl (C=O) groups excluding carboxylic acids is 3. The lowest BCUT2D eigenvalue weighted by Crippen LogP contribution is -2.39. The Bertz CT molecular complexity index is 1490. The third kappa shape index (κ3) is 7.69. The summed E-state index contributed by atoms with van der Waals surface area (Å²) in [6.45, 7) is 10.2. The first kappa shape index (κ1) is 30.2. The summed E-state index contributed by atoms with van der Waals surface area (Å²) < 4.78 is 5.51. The summed E-state index contributed by atoms with van der Waals surface area (Å²) in [5.41, 5.74) is 3.04. The molecule has 1 aliphatic rings. The van der Waals surface area contributed by atoms with Gasteiger partial charge in [-0.2, -0.15) is 5.26 Å². The van der Waals surface area contributed by atoms with E-state index in [1.807, 2.05) is 71.0 Å². The topological polar surface area (TPSA) is 112 Å². The van der Waals surface area contributed by atoms with Crippen molar-refractivity contribution in [1.29, 1.82) is 5.26 Å². The van der Waals surface area contributed by atoms with Gasteiger partial charge in [0.25, 0.3) is 5.91 Å². The second kappa shape index (κ2) is 12.8. The maximum Gasteiger partial charge on any atom is 0.410 e. The molecule has 1 unspecified atom stereocenters. The molecule has 1 atom stereocenters. The molecule has 0 fully saturated rings. The van der Waals surface area contributed by atoms with Gasteiger partial charge < -0.3 is 20.3 Å². The number of hydrogen-bond acceptors (Lipinski definition) is 7. The largest absolute Gasteiger partial charge is 0.444 e. The number of nitrogens with zero attached hydrogens (tertiary/aromatic N) is 2. The normalized spacial score (nSPS) is 13.5. The van der Waals surface area contributed by atoms with E-state index in [2.05, 4.69) is 16.7 Å². The molecule has 1 aromatic heterocycles. The summed E-state index contributed by atoms with van der Waals surface area (Å²) in [6.07, 6.45) is 0.701. The Morgan fingerprint density at radius 2 is 1.88 bits per heavy atom. The van der Waals surface area contributed by atoms with Crippen LogP contribution in [0.25, 0.3) is 0 Å². The molecule has 1 aliphatic heterocycles. The molecule has 0 bridgehead atoms. The van der Waals surface area contributed by atoms with E-state index in [-0.39, 0.29) is 17.9 Å². The molecule has 8 nitrogen and oxygen atoms in total. The molecule has 214 valence electrons. The van der Waals surface area contributed by atoms with Gasteiger partial charge in [0.2, 0.25) is 5.91 Å². The molecule has 0 saturated heterocycles. The Morgan fingerprint density at radius 1 is 1.15 bits per heavy atom. The molecule has 2 N–H and O–H groups in total. The van der Waals surface area contributed by atoms with E-state index in [0.29, 0.717) is 47.7 Å². The minimum atomic E-state index is -0.594. The van der Waals surface area contributed by atoms with Crippen LogP contribution in [0.3, 0.4) is 0 Å². The van der Waals surface area contributed by atoms with Crippen molar-refractivity contribution in [1.82, 2.24) is 4.90 Å². The van der Waals surface area contributed by atoms with Crippen molar-refractivity contribution in [3.63, 3.8) is 0 Å². The number of thiophene rings is 1. The van der Waals surface area contributed by atoms with Crippen LogP contribution in [0.15, 0.2) is 53.4 Å². The first-order valence-electron chi connectivity index (χ1n) is 13.5. The summed E-state index contributed by atoms with van der Waals surface area (Å²) in [5.74, 6) is -0.404. The standard InChI is InChI=1S/C31H34N4O4S2/c1-6-25(40-22-9-7-8-21(16-22)33-27(36)20-12-10-19(2)11-13-20)28(37)34-29-24(17-32)23-14-15-35(18-26(23)41-29)30(38)39-31(3,4)5/h7-13,16,25H,6,14-15,18H2,1-5H3,(H,33,36)(H,34,37). The molecule has 0 radical (unpaired) electrons. The number of amides is 3. The lowest BCUT2D eigenvalue weighted by molar-refractivity contribution is -0.115. The van der Waals surface area contributed by atoms with Crippen molar-refractivity contribution in [3.8, 4) is 6.07 Å². The van der Waals surface area contributed by atoms with Gasteiger partial charge in [0, 0.05) is 27.6 Å². The molecular formula is C31H34N4O4S2. The van der Waals surface area contributed by atoms with Crippen LogP contribution in [0.5, 0.6) is 0 Å². The second-order valence-electron chi connectivity index (χ2n) is 10.8. The van der Waals surface area contributed by atoms with Crippen LogP contribution >= 0.6 is 23.1 Å². The zero-order valence-electron chi connectivity index (χ0n) is 23.9. The SMILES string of the molecule is CCC(Sc1cccc(NC(=O)c2ccc(C)cc2)c1)C(=O)Nc1sc2c(c1C#N)CCN(C(=O)OC(C)(C)C)C2. The van der Waals surface area contributed by atoms with Gasteiger partial charge in [0.1, 0.15) is 16.7 Å². The van der Waals surface area contributed by atoms with Gasteiger partial charge >= 0.3 is 6.09 Å². The first-order chi connectivity index (χ1) is 19.5. The van der Waals surface area contributed by atoms with Gasteiger partial charge in [0.15, 0.2) is 0 Å². The smallest absolute Gasteiger partial charge is 0.410 e. The van der Waals surface area contributed by atoms with Gasteiger partial charge in [-0.3, -0.25) is 9.59 Å². The van der Waals surface area contributed by atoms with Crippen LogP contribution in [0, 0.1) is 18.3 Å². The number of benzene rings is 2. The number of ether oxygens (including phenoxy) is 1. The van der Waals surface area contributed by atoms with Crippen molar-refractivity contribution < 1.29 is 19.1 Å². The molecule has 0 spiro atoms. The fourth-order valence-electron chi connectivity index (χ4n) is 4.33. The van der Waals surface area contributed by atoms with E-state index < -0.39 is 10.9 Å². The summed E-state index contributed by atoms with van der Waals surface area (Å²) in [7, 11) is 0. The predicted octanol–water partition coefficient (Wildman–Crippen LogP) is 6.98. The number of anilines is 2. The van der Waals surface area contributed by atoms with E-state index in [9.17, 15) is 19.6 Å². The molecule has 2 aromatic carbocycles. The van der Waals surface area contributed by atoms with Crippen molar-refractivity contribution in [3.05, 3.63) is 75.7 Å². The summed E-state index contributed by atoms with van der Waals surface area (Å²) in [5, 5.41) is 15.9. The van der Waals surface area contributed by atoms with Gasteiger partial charge in [0.05, 0.1) is 17.4 Å². The Labute approximate surface area is 249 Å². The monoisotopic (exact) mass is 590 g/mol. The zero-order valence-corrected chi connectivity index (χ0v) is 25.5. The highest BCUT2D eigenvalue weighted by molar-refractivity contribution is 8.00. The first-order valence-corrected chi connectivity index (χ1v) is 15.1. The summed E-state index contributed by atoms with van der Waals surface area (Å²) in [6, 6.07) is 17.0. The predicted molar refractivity (Wildman–Crippen MR) is 164 cm³/mol. The molecule has 41 heavy (non-hydrogen) atoms. The average Bonchev–Trinajstić information content (AvgIpc) is 3.27. The van der Waals surface area contributed by atoms with Gasteiger partial charge in [-0.05, 0) is 76.4 Å². The van der Waals surface area contributed by atoms with Crippen molar-refractivity contribution >= 4 is 51.7 Å². The quantitative estimate of drug-likeness (QED) is 0.287. The van der Waals surface area contributed by atoms with E-state index in [1.54, 1.807) is 17.0 Å². The van der Waals surface area contributed by atoms with E-state index in [0.717, 1.165) is 20.9 Å². The fraction of sp³-hybridized carbons (Fsp3) is 0.355. The Kier molecular flexibility index (Phi) is 9.41. The van der Waals surface area contributed by atoms with Crippen LogP contribution in [-0.4, -0.2) is 40.2 Å². The number of nitriles is 1. The molecular weight excluding hydrogens is 556 g/mol. The highest BCUT2D eigenvalue weighted by Crippen LogP contribution is 2.38. The van der Waals surface area contributed by atoms with Gasteiger partial charge in [-0.1, -0.05) is 30.7 Å². The van der Waals surface area contributed by atoms with Gasteiger partial charge in [-0.25, -0.2) is 4.79 Å². The van der Waals surface area contributed by atoms with Crippen LogP contribution in [0.4, 0.5) is 15.5 Å². The Hall–Kier alpha value is -3.81. The molecule has 10 heteroatoms. The van der Waals surface area contributed by atoms with Gasteiger partial charge in [-0.15, -0.1) is 23.1 Å². The van der Waals surface area contributed by atoms with Crippen molar-refractivity contribution in [2.45, 2.75) is 69.8 Å². The number of aryl methyl sites for hydroxylation is 1. The van der Waals surface area contributed by atoms with E-state index in [1.165, 1.54) is 23.1 Å². The van der Waals surface area contributed by atoms with Crippen LogP contribution < -0.4 is 10.6 Å². The van der Waals surface area contributed by atoms with E-state index >= 15 is 0 Å². The minimum absolute atomic E-state index is 0.201. The van der Waals surface area contributed by atoms with Crippen molar-refractivity contribution in [2.75, 3.05) is 17.2 Å². The minimum Gasteiger partial charge on any atom is -0.444 e. The number of thioether (sulfide) groups is 1. The number of fused-ring (bicyclic) bond motifs is 1. The maximum absolute atomic E-state index is 13.3. The fourth-order valence-corrected chi connectivity index (χ4v) is 6.56. The lowest BCUT2D eigenvalue weighted by atomic mass is 10.0. The number of carbonyl (C=O) groups is 3. The number of nitrogens with one attached hydrogen (secondary N) is 2. The highest BCUT2D eigenvalue weighted by Gasteiger charge is 2.31. The lowest BCUT2D eigenvalue weighted by Gasteiger charge is -2.29. The Balaban J connectivity index is 1.43. The zero-order chi connectivity index (χ0) is 29.7. The molecule has 4 rings (SSSR count). The van der Waals surface area contributed by atoms with Crippen LogP contribution in [0.1, 0.15) is 66.0 Å². The summed E-state index contributed by atoms with van der Waals surface area (Å²) >= 11 is 2.74. The molecule has 3 aromatic rings. The van der Waals surface area contributed by atoms with Crippen molar-refractivity contribution in [2.24, 2.45) is 0 Å². The Morgan fingerprint density at radius 3 is 2.54 bits per heavy atom. The molecule has 2 heterocycles. The molecule has 3 amide bonds. The van der Waals surface area contributed by atoms with Crippen LogP contribution in [0.2, 0.25) is 0 Å². The van der Waals surface area contributed by atoms with Crippen LogP contribution in [-0.2, 0) is 22.5 Å². The summed E-state index contributed by atoms with van der Waals surface area (Å²) in [4.78, 5) is 41.9. The van der Waals surface area contributed by atoms with E-state index in [4.69, 9.17) is 4.74 Å². The average molecular weight is 591 g/mol. The number of hydrogen-bond donors (Lipinski definition) is 2. The highest BCUT2D eigenvalue weighted by atomic mass is 32.2. The second-order valence-corrected chi connectivity index (χ2v) is 13.2. The maximum atomic E-state index is 13.3. The number of rotatable bonds is 7. The third-order valence-corrected chi connectivity index (χ3v) is 8.89. The third-order valence-electron chi connectivity index (χ3n) is 6.40.